The van der Waals surface area contributed by atoms with Crippen LogP contribution in [-0.2, 0) is 0 Å². The van der Waals surface area contributed by atoms with Crippen molar-refractivity contribution in [3.8, 4) is 0 Å². The van der Waals surface area contributed by atoms with E-state index in [2.05, 4.69) is 21.8 Å². The molecule has 0 spiro atoms. The van der Waals surface area contributed by atoms with Gasteiger partial charge in [0.25, 0.3) is 0 Å². The van der Waals surface area contributed by atoms with E-state index in [4.69, 9.17) is 0 Å². The van der Waals surface area contributed by atoms with Gasteiger partial charge in [0.05, 0.1) is 6.04 Å². The molecule has 84 valence electrons. The number of nitrogens with zero attached hydrogens (tertiary/aromatic N) is 2. The Morgan fingerprint density at radius 2 is 2.60 bits per heavy atom. The van der Waals surface area contributed by atoms with Crippen LogP contribution in [0.1, 0.15) is 31.6 Å². The first kappa shape index (κ1) is 11.0. The van der Waals surface area contributed by atoms with E-state index in [1.165, 1.54) is 37.4 Å². The fraction of sp³-hybridized carbons (Fsp3) is 0.727. The van der Waals surface area contributed by atoms with Crippen molar-refractivity contribution in [1.82, 2.24) is 14.9 Å². The van der Waals surface area contributed by atoms with E-state index in [1.54, 1.807) is 0 Å². The van der Waals surface area contributed by atoms with Crippen LogP contribution in [0.25, 0.3) is 0 Å². The summed E-state index contributed by atoms with van der Waals surface area (Å²) in [7, 11) is 0. The Bertz CT molecular complexity index is 273. The lowest BCUT2D eigenvalue weighted by Gasteiger charge is -2.22. The van der Waals surface area contributed by atoms with E-state index in [0.29, 0.717) is 6.04 Å². The molecule has 1 N–H and O–H groups in total. The summed E-state index contributed by atoms with van der Waals surface area (Å²) >= 11 is 2.02. The third-order valence-corrected chi connectivity index (χ3v) is 3.81. The maximum absolute atomic E-state index is 4.37. The van der Waals surface area contributed by atoms with Gasteiger partial charge in [-0.15, -0.1) is 0 Å². The molecule has 0 saturated carbocycles. The highest BCUT2D eigenvalue weighted by atomic mass is 32.2. The predicted molar refractivity (Wildman–Crippen MR) is 65.1 cm³/mol. The van der Waals surface area contributed by atoms with Crippen LogP contribution < -0.4 is 0 Å². The second-order valence-electron chi connectivity index (χ2n) is 3.87. The van der Waals surface area contributed by atoms with Crippen molar-refractivity contribution in [2.45, 2.75) is 25.8 Å². The van der Waals surface area contributed by atoms with Crippen molar-refractivity contribution in [3.05, 3.63) is 18.2 Å². The molecule has 1 atom stereocenters. The smallest absolute Gasteiger partial charge is 0.123 e. The SMILES string of the molecule is CCSCCN1CCC[C@H]1c1ncc[nH]1. The molecule has 0 aromatic carbocycles. The molecule has 15 heavy (non-hydrogen) atoms. The molecule has 0 amide bonds. The number of thioether (sulfide) groups is 1. The molecule has 0 unspecified atom stereocenters. The van der Waals surface area contributed by atoms with E-state index in [0.717, 1.165) is 5.82 Å². The minimum absolute atomic E-state index is 0.539. The summed E-state index contributed by atoms with van der Waals surface area (Å²) in [5.41, 5.74) is 0. The van der Waals surface area contributed by atoms with Crippen LogP contribution in [0.4, 0.5) is 0 Å². The van der Waals surface area contributed by atoms with Crippen molar-refractivity contribution in [3.63, 3.8) is 0 Å². The molecule has 4 heteroatoms. The van der Waals surface area contributed by atoms with Crippen molar-refractivity contribution in [2.75, 3.05) is 24.6 Å². The van der Waals surface area contributed by atoms with Gasteiger partial charge in [-0.2, -0.15) is 11.8 Å². The van der Waals surface area contributed by atoms with Gasteiger partial charge >= 0.3 is 0 Å². The topological polar surface area (TPSA) is 31.9 Å². The van der Waals surface area contributed by atoms with Crippen LogP contribution in [0, 0.1) is 0 Å². The minimum Gasteiger partial charge on any atom is -0.347 e. The first-order chi connectivity index (χ1) is 7.42. The lowest BCUT2D eigenvalue weighted by Crippen LogP contribution is -2.26. The normalized spacial score (nSPS) is 22.3. The standard InChI is InChI=1S/C11H19N3S/c1-2-15-9-8-14-7-3-4-10(14)11-12-5-6-13-11/h5-6,10H,2-4,7-9H2,1H3,(H,12,13)/t10-/m0/s1. The zero-order valence-electron chi connectivity index (χ0n) is 9.28. The summed E-state index contributed by atoms with van der Waals surface area (Å²) in [6.45, 7) is 4.65. The average molecular weight is 225 g/mol. The van der Waals surface area contributed by atoms with Gasteiger partial charge in [0.15, 0.2) is 0 Å². The highest BCUT2D eigenvalue weighted by molar-refractivity contribution is 7.99. The molecular weight excluding hydrogens is 206 g/mol. The van der Waals surface area contributed by atoms with E-state index < -0.39 is 0 Å². The number of nitrogens with one attached hydrogen (secondary N) is 1. The van der Waals surface area contributed by atoms with Crippen LogP contribution in [0.15, 0.2) is 12.4 Å². The van der Waals surface area contributed by atoms with Gasteiger partial charge in [0.2, 0.25) is 0 Å². The Morgan fingerprint density at radius 3 is 3.33 bits per heavy atom. The summed E-state index contributed by atoms with van der Waals surface area (Å²) in [5.74, 6) is 3.61. The maximum Gasteiger partial charge on any atom is 0.123 e. The molecule has 3 nitrogen and oxygen atoms in total. The van der Waals surface area contributed by atoms with Crippen molar-refractivity contribution in [2.24, 2.45) is 0 Å². The molecule has 0 aliphatic carbocycles. The fourth-order valence-electron chi connectivity index (χ4n) is 2.19. The molecule has 0 radical (unpaired) electrons. The van der Waals surface area contributed by atoms with Crippen LogP contribution in [0.2, 0.25) is 0 Å². The zero-order chi connectivity index (χ0) is 10.5. The number of imidazole rings is 1. The Balaban J connectivity index is 1.88. The monoisotopic (exact) mass is 225 g/mol. The summed E-state index contributed by atoms with van der Waals surface area (Å²) in [5, 5.41) is 0. The molecule has 1 fully saturated rings. The summed E-state index contributed by atoms with van der Waals surface area (Å²) in [6.07, 6.45) is 6.34. The van der Waals surface area contributed by atoms with Crippen LogP contribution in [0.5, 0.6) is 0 Å². The third kappa shape index (κ3) is 2.75. The number of rotatable bonds is 5. The molecule has 1 aliphatic rings. The van der Waals surface area contributed by atoms with E-state index in [-0.39, 0.29) is 0 Å². The van der Waals surface area contributed by atoms with Crippen molar-refractivity contribution >= 4 is 11.8 Å². The number of hydrogen-bond acceptors (Lipinski definition) is 3. The molecule has 0 bridgehead atoms. The lowest BCUT2D eigenvalue weighted by molar-refractivity contribution is 0.265. The minimum atomic E-state index is 0.539. The number of aromatic nitrogens is 2. The highest BCUT2D eigenvalue weighted by Crippen LogP contribution is 2.29. The quantitative estimate of drug-likeness (QED) is 0.780. The predicted octanol–water partition coefficient (Wildman–Crippen LogP) is 2.30. The van der Waals surface area contributed by atoms with Gasteiger partial charge in [0, 0.05) is 24.7 Å². The second-order valence-corrected chi connectivity index (χ2v) is 5.26. The van der Waals surface area contributed by atoms with Gasteiger partial charge in [-0.05, 0) is 25.1 Å². The Labute approximate surface area is 95.7 Å². The highest BCUT2D eigenvalue weighted by Gasteiger charge is 2.26. The Morgan fingerprint density at radius 1 is 1.67 bits per heavy atom. The number of H-pyrrole nitrogens is 1. The van der Waals surface area contributed by atoms with E-state index >= 15 is 0 Å². The zero-order valence-corrected chi connectivity index (χ0v) is 10.1. The fourth-order valence-corrected chi connectivity index (χ4v) is 2.84. The van der Waals surface area contributed by atoms with Crippen molar-refractivity contribution in [1.29, 1.82) is 0 Å². The molecule has 2 rings (SSSR count). The summed E-state index contributed by atoms with van der Waals surface area (Å²) in [4.78, 5) is 10.2. The average Bonchev–Trinajstić information content (AvgIpc) is 2.87. The van der Waals surface area contributed by atoms with E-state index in [9.17, 15) is 0 Å². The molecule has 2 heterocycles. The lowest BCUT2D eigenvalue weighted by atomic mass is 10.2. The first-order valence-electron chi connectivity index (χ1n) is 5.73. The Kier molecular flexibility index (Phi) is 4.09. The molecule has 1 aromatic heterocycles. The Hall–Kier alpha value is -0.480. The van der Waals surface area contributed by atoms with Crippen LogP contribution >= 0.6 is 11.8 Å². The summed E-state index contributed by atoms with van der Waals surface area (Å²) in [6, 6.07) is 0.539. The molecule has 1 aliphatic heterocycles. The summed E-state index contributed by atoms with van der Waals surface area (Å²) < 4.78 is 0. The maximum atomic E-state index is 4.37. The van der Waals surface area contributed by atoms with Gasteiger partial charge in [0.1, 0.15) is 5.82 Å². The molecular formula is C11H19N3S. The second kappa shape index (κ2) is 5.56. The molecule has 1 saturated heterocycles. The van der Waals surface area contributed by atoms with Crippen molar-refractivity contribution < 1.29 is 0 Å². The number of hydrogen-bond donors (Lipinski definition) is 1. The first-order valence-corrected chi connectivity index (χ1v) is 6.88. The third-order valence-electron chi connectivity index (χ3n) is 2.93. The van der Waals surface area contributed by atoms with Gasteiger partial charge in [-0.1, -0.05) is 6.92 Å². The number of likely N-dealkylation sites (tertiary alicyclic amines) is 1. The van der Waals surface area contributed by atoms with Gasteiger partial charge in [-0.3, -0.25) is 4.90 Å². The molecule has 1 aromatic rings. The van der Waals surface area contributed by atoms with Crippen LogP contribution in [0.3, 0.4) is 0 Å². The van der Waals surface area contributed by atoms with Crippen LogP contribution in [-0.4, -0.2) is 39.5 Å². The van der Waals surface area contributed by atoms with Gasteiger partial charge in [-0.25, -0.2) is 4.98 Å². The number of aromatic amines is 1. The van der Waals surface area contributed by atoms with E-state index in [1.807, 2.05) is 24.2 Å². The van der Waals surface area contributed by atoms with Gasteiger partial charge < -0.3 is 4.98 Å². The largest absolute Gasteiger partial charge is 0.347 e.